The van der Waals surface area contributed by atoms with Crippen LogP contribution in [-0.4, -0.2) is 40.9 Å². The number of esters is 1. The molecule has 0 amide bonds. The monoisotopic (exact) mass is 302 g/mol. The van der Waals surface area contributed by atoms with Gasteiger partial charge in [0.15, 0.2) is 0 Å². The Bertz CT molecular complexity index is 344. The first-order valence-corrected chi connectivity index (χ1v) is 5.94. The second kappa shape index (κ2) is 7.58. The van der Waals surface area contributed by atoms with E-state index in [1.54, 1.807) is 0 Å². The highest BCUT2D eigenvalue weighted by atomic mass is 19.3. The fourth-order valence-electron chi connectivity index (χ4n) is 1.25. The van der Waals surface area contributed by atoms with Crippen LogP contribution in [0.25, 0.3) is 0 Å². The van der Waals surface area contributed by atoms with Gasteiger partial charge in [-0.25, -0.2) is 4.79 Å². The zero-order valence-corrected chi connectivity index (χ0v) is 11.0. The summed E-state index contributed by atoms with van der Waals surface area (Å²) in [5.74, 6) is -9.65. The number of hydrogen-bond donors (Lipinski definition) is 2. The minimum Gasteiger partial charge on any atom is -0.433 e. The summed E-state index contributed by atoms with van der Waals surface area (Å²) < 4.78 is 57.2. The van der Waals surface area contributed by atoms with Crippen molar-refractivity contribution in [3.63, 3.8) is 0 Å². The molecule has 0 saturated heterocycles. The minimum atomic E-state index is -4.36. The van der Waals surface area contributed by atoms with Crippen LogP contribution in [0.1, 0.15) is 32.6 Å². The Morgan fingerprint density at radius 3 is 2.20 bits per heavy atom. The highest BCUT2D eigenvalue weighted by molar-refractivity contribution is 5.86. The van der Waals surface area contributed by atoms with E-state index in [0.717, 1.165) is 0 Å². The Kier molecular flexibility index (Phi) is 7.15. The molecule has 0 radical (unpaired) electrons. The molecule has 1 atom stereocenters. The van der Waals surface area contributed by atoms with Gasteiger partial charge >= 0.3 is 17.8 Å². The molecule has 0 aliphatic rings. The van der Waals surface area contributed by atoms with Crippen LogP contribution >= 0.6 is 0 Å². The van der Waals surface area contributed by atoms with Crippen LogP contribution in [0.4, 0.5) is 17.6 Å². The van der Waals surface area contributed by atoms with Crippen LogP contribution in [0.5, 0.6) is 0 Å². The summed E-state index contributed by atoms with van der Waals surface area (Å²) in [7, 11) is 0. The van der Waals surface area contributed by atoms with Gasteiger partial charge < -0.3 is 14.9 Å². The number of carbonyl (C=O) groups excluding carboxylic acids is 1. The van der Waals surface area contributed by atoms with Gasteiger partial charge in [0.25, 0.3) is 0 Å². The largest absolute Gasteiger partial charge is 0.433 e. The third-order valence-electron chi connectivity index (χ3n) is 2.48. The molecule has 4 nitrogen and oxygen atoms in total. The first-order valence-electron chi connectivity index (χ1n) is 5.94. The number of aliphatic hydroxyl groups excluding tert-OH is 2. The summed E-state index contributed by atoms with van der Waals surface area (Å²) >= 11 is 0. The van der Waals surface area contributed by atoms with E-state index in [0.29, 0.717) is 0 Å². The molecule has 0 aromatic carbocycles. The molecule has 0 bridgehead atoms. The van der Waals surface area contributed by atoms with Crippen LogP contribution in [0, 0.1) is 0 Å². The molecule has 0 heterocycles. The van der Waals surface area contributed by atoms with Crippen molar-refractivity contribution >= 4 is 5.97 Å². The van der Waals surface area contributed by atoms with E-state index in [-0.39, 0.29) is 5.57 Å². The molecule has 118 valence electrons. The SMILES string of the molecule is C=C(C)C(=O)OC(O)CCC(F)(F)C(F)(F)CCCO. The van der Waals surface area contributed by atoms with Crippen molar-refractivity contribution < 1.29 is 37.3 Å². The molecule has 0 rings (SSSR count). The molecule has 8 heteroatoms. The lowest BCUT2D eigenvalue weighted by Crippen LogP contribution is -2.41. The van der Waals surface area contributed by atoms with Crippen molar-refractivity contribution in [3.8, 4) is 0 Å². The molecule has 20 heavy (non-hydrogen) atoms. The van der Waals surface area contributed by atoms with Crippen molar-refractivity contribution in [1.82, 2.24) is 0 Å². The van der Waals surface area contributed by atoms with E-state index in [1.807, 2.05) is 0 Å². The van der Waals surface area contributed by atoms with Gasteiger partial charge in [-0.1, -0.05) is 6.58 Å². The summed E-state index contributed by atoms with van der Waals surface area (Å²) in [5.41, 5.74) is -0.0518. The molecule has 0 saturated carbocycles. The second-order valence-corrected chi connectivity index (χ2v) is 4.42. The molecule has 0 aromatic heterocycles. The van der Waals surface area contributed by atoms with Crippen molar-refractivity contribution in [2.75, 3.05) is 6.61 Å². The number of alkyl halides is 4. The Labute approximate surface area is 114 Å². The van der Waals surface area contributed by atoms with Crippen molar-refractivity contribution in [2.24, 2.45) is 0 Å². The topological polar surface area (TPSA) is 66.8 Å². The van der Waals surface area contributed by atoms with Crippen molar-refractivity contribution in [3.05, 3.63) is 12.2 Å². The summed E-state index contributed by atoms with van der Waals surface area (Å²) in [6.07, 6.45) is -5.72. The third kappa shape index (κ3) is 5.87. The van der Waals surface area contributed by atoms with Crippen LogP contribution in [0.2, 0.25) is 0 Å². The van der Waals surface area contributed by atoms with Crippen molar-refractivity contribution in [2.45, 2.75) is 50.7 Å². The molecule has 1 unspecified atom stereocenters. The van der Waals surface area contributed by atoms with E-state index in [4.69, 9.17) is 5.11 Å². The van der Waals surface area contributed by atoms with Gasteiger partial charge in [-0.05, 0) is 13.3 Å². The maximum atomic E-state index is 13.3. The lowest BCUT2D eigenvalue weighted by Gasteiger charge is -2.27. The Hall–Kier alpha value is -1.15. The van der Waals surface area contributed by atoms with Crippen LogP contribution in [0.3, 0.4) is 0 Å². The minimum absolute atomic E-state index is 0.0518. The fourth-order valence-corrected chi connectivity index (χ4v) is 1.25. The fraction of sp³-hybridized carbons (Fsp3) is 0.750. The zero-order valence-electron chi connectivity index (χ0n) is 11.0. The van der Waals surface area contributed by atoms with Gasteiger partial charge in [0.1, 0.15) is 0 Å². The van der Waals surface area contributed by atoms with E-state index in [9.17, 15) is 27.5 Å². The summed E-state index contributed by atoms with van der Waals surface area (Å²) in [5, 5.41) is 17.6. The molecule has 0 aromatic rings. The molecule has 2 N–H and O–H groups in total. The first-order chi connectivity index (χ1) is 9.03. The van der Waals surface area contributed by atoms with Gasteiger partial charge in [0, 0.05) is 31.4 Å². The van der Waals surface area contributed by atoms with E-state index < -0.39 is 56.4 Å². The zero-order chi connectivity index (χ0) is 16.0. The summed E-state index contributed by atoms with van der Waals surface area (Å²) in [4.78, 5) is 11.0. The number of halogens is 4. The molecule has 0 fully saturated rings. The van der Waals surface area contributed by atoms with Gasteiger partial charge in [-0.3, -0.25) is 0 Å². The number of carbonyl (C=O) groups is 1. The molecule has 0 spiro atoms. The van der Waals surface area contributed by atoms with Crippen LogP contribution in [0.15, 0.2) is 12.2 Å². The molecule has 0 aliphatic heterocycles. The van der Waals surface area contributed by atoms with E-state index in [2.05, 4.69) is 11.3 Å². The highest BCUT2D eigenvalue weighted by Crippen LogP contribution is 2.41. The molecular weight excluding hydrogens is 284 g/mol. The first kappa shape index (κ1) is 18.9. The van der Waals surface area contributed by atoms with Crippen molar-refractivity contribution in [1.29, 1.82) is 0 Å². The number of hydrogen-bond acceptors (Lipinski definition) is 4. The number of rotatable bonds is 9. The average molecular weight is 302 g/mol. The second-order valence-electron chi connectivity index (χ2n) is 4.42. The highest BCUT2D eigenvalue weighted by Gasteiger charge is 2.54. The summed E-state index contributed by atoms with van der Waals surface area (Å²) in [6, 6.07) is 0. The Morgan fingerprint density at radius 1 is 1.25 bits per heavy atom. The number of aliphatic hydroxyl groups is 2. The molecular formula is C12H18F4O4. The smallest absolute Gasteiger partial charge is 0.335 e. The van der Waals surface area contributed by atoms with E-state index >= 15 is 0 Å². The van der Waals surface area contributed by atoms with Gasteiger partial charge in [0.05, 0.1) is 0 Å². The van der Waals surface area contributed by atoms with Gasteiger partial charge in [-0.15, -0.1) is 0 Å². The summed E-state index contributed by atoms with van der Waals surface area (Å²) in [6.45, 7) is 3.88. The van der Waals surface area contributed by atoms with E-state index in [1.165, 1.54) is 6.92 Å². The maximum Gasteiger partial charge on any atom is 0.335 e. The molecule has 0 aliphatic carbocycles. The predicted molar refractivity (Wildman–Crippen MR) is 62.4 cm³/mol. The standard InChI is InChI=1S/C12H18F4O4/c1-8(2)10(19)20-9(18)4-6-12(15,16)11(13,14)5-3-7-17/h9,17-18H,1,3-7H2,2H3. The van der Waals surface area contributed by atoms with Crippen LogP contribution in [-0.2, 0) is 9.53 Å². The quantitative estimate of drug-likeness (QED) is 0.297. The Morgan fingerprint density at radius 2 is 1.75 bits per heavy atom. The third-order valence-corrected chi connectivity index (χ3v) is 2.48. The van der Waals surface area contributed by atoms with Gasteiger partial charge in [-0.2, -0.15) is 17.6 Å². The average Bonchev–Trinajstić information content (AvgIpc) is 2.33. The van der Waals surface area contributed by atoms with Crippen LogP contribution < -0.4 is 0 Å². The predicted octanol–water partition coefficient (Wildman–Crippen LogP) is 2.25. The van der Waals surface area contributed by atoms with Gasteiger partial charge in [0.2, 0.25) is 6.29 Å². The maximum absolute atomic E-state index is 13.3. The lowest BCUT2D eigenvalue weighted by atomic mass is 10.0. The Balaban J connectivity index is 4.40. The lowest BCUT2D eigenvalue weighted by molar-refractivity contribution is -0.223. The number of ether oxygens (including phenoxy) is 1. The normalized spacial score (nSPS) is 13.9.